The van der Waals surface area contributed by atoms with Crippen molar-refractivity contribution in [1.82, 2.24) is 9.88 Å². The molecular weight excluding hydrogens is 353 g/mol. The molecule has 3 rings (SSSR count). The van der Waals surface area contributed by atoms with Crippen molar-refractivity contribution in [2.24, 2.45) is 0 Å². The second-order valence-corrected chi connectivity index (χ2v) is 6.64. The van der Waals surface area contributed by atoms with E-state index in [1.165, 1.54) is 21.9 Å². The number of carbonyl (C=O) groups is 2. The Balaban J connectivity index is 2.12. The fourth-order valence-corrected chi connectivity index (χ4v) is 2.96. The molecule has 0 spiro atoms. The molecule has 0 saturated carbocycles. The van der Waals surface area contributed by atoms with Crippen LogP contribution in [0.2, 0.25) is 0 Å². The highest BCUT2D eigenvalue weighted by atomic mass is 19.1. The number of nitrogens with zero attached hydrogens (tertiary/aromatic N) is 3. The number of anilines is 1. The van der Waals surface area contributed by atoms with Gasteiger partial charge < -0.3 is 14.7 Å². The van der Waals surface area contributed by atoms with Crippen molar-refractivity contribution in [2.45, 2.75) is 19.4 Å². The van der Waals surface area contributed by atoms with Crippen molar-refractivity contribution in [3.05, 3.63) is 53.0 Å². The van der Waals surface area contributed by atoms with Crippen LogP contribution in [-0.4, -0.2) is 53.7 Å². The summed E-state index contributed by atoms with van der Waals surface area (Å²) in [6, 6.07) is 7.14. The Labute approximate surface area is 156 Å². The summed E-state index contributed by atoms with van der Waals surface area (Å²) >= 11 is 0. The number of pyridine rings is 1. The lowest BCUT2D eigenvalue weighted by Gasteiger charge is -2.33. The number of ether oxygens (including phenoxy) is 1. The smallest absolute Gasteiger partial charge is 0.412 e. The van der Waals surface area contributed by atoms with E-state index in [1.54, 1.807) is 39.2 Å². The summed E-state index contributed by atoms with van der Waals surface area (Å²) in [6.07, 6.45) is -0.814. The predicted molar refractivity (Wildman–Crippen MR) is 96.9 cm³/mol. The van der Waals surface area contributed by atoms with Crippen molar-refractivity contribution in [1.29, 1.82) is 0 Å². The van der Waals surface area contributed by atoms with E-state index < -0.39 is 6.09 Å². The van der Waals surface area contributed by atoms with Crippen LogP contribution in [0.3, 0.4) is 0 Å². The highest BCUT2D eigenvalue weighted by Gasteiger charge is 2.32. The first-order chi connectivity index (χ1) is 12.8. The Morgan fingerprint density at radius 2 is 2.00 bits per heavy atom. The van der Waals surface area contributed by atoms with Gasteiger partial charge >= 0.3 is 6.09 Å². The van der Waals surface area contributed by atoms with Gasteiger partial charge in [-0.05, 0) is 42.7 Å². The number of halogens is 1. The maximum absolute atomic E-state index is 13.2. The van der Waals surface area contributed by atoms with E-state index in [0.29, 0.717) is 17.7 Å². The van der Waals surface area contributed by atoms with Crippen LogP contribution in [0.4, 0.5) is 14.9 Å². The number of benzene rings is 1. The van der Waals surface area contributed by atoms with Crippen LogP contribution in [0.5, 0.6) is 5.88 Å². The maximum atomic E-state index is 13.2. The molecule has 0 bridgehead atoms. The molecule has 27 heavy (non-hydrogen) atoms. The summed E-state index contributed by atoms with van der Waals surface area (Å²) in [5.74, 6) is -0.561. The Bertz CT molecular complexity index is 883. The van der Waals surface area contributed by atoms with Crippen LogP contribution in [0.15, 0.2) is 30.3 Å². The lowest BCUT2D eigenvalue weighted by molar-refractivity contribution is 0.0819. The Morgan fingerprint density at radius 3 is 2.59 bits per heavy atom. The third-order valence-corrected chi connectivity index (χ3v) is 4.33. The van der Waals surface area contributed by atoms with Gasteiger partial charge in [0, 0.05) is 14.1 Å². The summed E-state index contributed by atoms with van der Waals surface area (Å²) in [5.41, 5.74) is 1.80. The molecule has 0 radical (unpaired) electrons. The number of carboxylic acid groups (broad SMARTS) is 1. The number of aromatic nitrogens is 1. The largest absolute Gasteiger partial charge is 0.474 e. The van der Waals surface area contributed by atoms with Crippen molar-refractivity contribution < 1.29 is 23.8 Å². The number of hydrogen-bond acceptors (Lipinski definition) is 4. The number of fused-ring (bicyclic) bond motifs is 1. The van der Waals surface area contributed by atoms with Gasteiger partial charge in [-0.25, -0.2) is 14.2 Å². The second kappa shape index (κ2) is 7.22. The minimum Gasteiger partial charge on any atom is -0.474 e. The molecule has 1 N–H and O–H groups in total. The minimum atomic E-state index is -1.12. The molecule has 1 atom stereocenters. The fourth-order valence-electron chi connectivity index (χ4n) is 2.96. The lowest BCUT2D eigenvalue weighted by atomic mass is 10.0. The molecule has 0 saturated heterocycles. The lowest BCUT2D eigenvalue weighted by Crippen LogP contribution is -2.45. The van der Waals surface area contributed by atoms with E-state index in [9.17, 15) is 19.1 Å². The Kier molecular flexibility index (Phi) is 4.98. The molecule has 7 nitrogen and oxygen atoms in total. The second-order valence-electron chi connectivity index (χ2n) is 6.64. The fraction of sp³-hybridized carbons (Fsp3) is 0.316. The number of carbonyl (C=O) groups excluding carboxylic acids is 1. The molecule has 1 aliphatic heterocycles. The van der Waals surface area contributed by atoms with Crippen LogP contribution < -0.4 is 9.64 Å². The summed E-state index contributed by atoms with van der Waals surface area (Å²) in [7, 11) is 3.22. The Morgan fingerprint density at radius 1 is 1.33 bits per heavy atom. The van der Waals surface area contributed by atoms with E-state index in [-0.39, 0.29) is 35.9 Å². The zero-order valence-electron chi connectivity index (χ0n) is 15.3. The standard InChI is InChI=1S/C19H20FN3O4/c1-11-10-27-17-15(23(11)19(25)26)9-13(16(21-17)18(24)22(2)3)8-12-4-6-14(20)7-5-12/h4-7,9,11H,8,10H2,1-3H3,(H,25,26)/t11-/m0/s1. The zero-order valence-corrected chi connectivity index (χ0v) is 15.3. The molecule has 2 heterocycles. The van der Waals surface area contributed by atoms with E-state index in [1.807, 2.05) is 0 Å². The van der Waals surface area contributed by atoms with Gasteiger partial charge in [0.1, 0.15) is 23.8 Å². The van der Waals surface area contributed by atoms with Gasteiger partial charge in [0.05, 0.1) is 6.04 Å². The van der Waals surface area contributed by atoms with Gasteiger partial charge in [-0.15, -0.1) is 0 Å². The SMILES string of the molecule is C[C@H]1COc2nc(C(=O)N(C)C)c(Cc3ccc(F)cc3)cc2N1C(=O)O. The first kappa shape index (κ1) is 18.6. The summed E-state index contributed by atoms with van der Waals surface area (Å²) in [4.78, 5) is 31.2. The highest BCUT2D eigenvalue weighted by Crippen LogP contribution is 2.35. The number of rotatable bonds is 3. The van der Waals surface area contributed by atoms with E-state index in [0.717, 1.165) is 5.56 Å². The highest BCUT2D eigenvalue weighted by molar-refractivity contribution is 5.96. The zero-order chi connectivity index (χ0) is 19.7. The van der Waals surface area contributed by atoms with E-state index in [4.69, 9.17) is 4.74 Å². The third kappa shape index (κ3) is 3.69. The van der Waals surface area contributed by atoms with E-state index in [2.05, 4.69) is 4.98 Å². The van der Waals surface area contributed by atoms with Gasteiger partial charge in [-0.2, -0.15) is 0 Å². The molecule has 1 aromatic carbocycles. The molecule has 0 unspecified atom stereocenters. The molecule has 0 aliphatic carbocycles. The summed E-state index contributed by atoms with van der Waals surface area (Å²) in [6.45, 7) is 1.88. The van der Waals surface area contributed by atoms with Crippen molar-refractivity contribution in [2.75, 3.05) is 25.6 Å². The topological polar surface area (TPSA) is 83.0 Å². The van der Waals surface area contributed by atoms with E-state index >= 15 is 0 Å². The molecule has 1 aliphatic rings. The third-order valence-electron chi connectivity index (χ3n) is 4.33. The van der Waals surface area contributed by atoms with Crippen LogP contribution in [0, 0.1) is 5.82 Å². The molecule has 8 heteroatoms. The van der Waals surface area contributed by atoms with Gasteiger partial charge in [0.15, 0.2) is 0 Å². The molecular formula is C19H20FN3O4. The van der Waals surface area contributed by atoms with Gasteiger partial charge in [0.2, 0.25) is 5.88 Å². The maximum Gasteiger partial charge on any atom is 0.412 e. The predicted octanol–water partition coefficient (Wildman–Crippen LogP) is 2.78. The molecule has 2 amide bonds. The average molecular weight is 373 g/mol. The van der Waals surface area contributed by atoms with Gasteiger partial charge in [0.25, 0.3) is 5.91 Å². The summed E-state index contributed by atoms with van der Waals surface area (Å²) < 4.78 is 18.8. The normalized spacial score (nSPS) is 15.7. The van der Waals surface area contributed by atoms with Crippen molar-refractivity contribution in [3.8, 4) is 5.88 Å². The van der Waals surface area contributed by atoms with Gasteiger partial charge in [-0.3, -0.25) is 9.69 Å². The molecule has 2 aromatic rings. The van der Waals surface area contributed by atoms with Crippen LogP contribution >= 0.6 is 0 Å². The molecule has 0 fully saturated rings. The quantitative estimate of drug-likeness (QED) is 0.895. The first-order valence-corrected chi connectivity index (χ1v) is 8.43. The summed E-state index contributed by atoms with van der Waals surface area (Å²) in [5, 5.41) is 9.56. The monoisotopic (exact) mass is 373 g/mol. The minimum absolute atomic E-state index is 0.114. The Hall–Kier alpha value is -3.16. The van der Waals surface area contributed by atoms with Crippen LogP contribution in [-0.2, 0) is 6.42 Å². The molecule has 1 aromatic heterocycles. The van der Waals surface area contributed by atoms with Crippen molar-refractivity contribution in [3.63, 3.8) is 0 Å². The van der Waals surface area contributed by atoms with Gasteiger partial charge in [-0.1, -0.05) is 12.1 Å². The first-order valence-electron chi connectivity index (χ1n) is 8.43. The average Bonchev–Trinajstić information content (AvgIpc) is 2.62. The van der Waals surface area contributed by atoms with Crippen LogP contribution in [0.25, 0.3) is 0 Å². The van der Waals surface area contributed by atoms with Crippen molar-refractivity contribution >= 4 is 17.7 Å². The number of hydrogen-bond donors (Lipinski definition) is 1. The number of amides is 2. The van der Waals surface area contributed by atoms with Crippen LogP contribution in [0.1, 0.15) is 28.5 Å². The molecule has 142 valence electrons.